The monoisotopic (exact) mass is 1090 g/mol. The molecule has 0 amide bonds. The van der Waals surface area contributed by atoms with Crippen LogP contribution in [0.25, 0.3) is 0 Å². The van der Waals surface area contributed by atoms with Crippen molar-refractivity contribution in [2.24, 2.45) is 0 Å². The Kier molecular flexibility index (Phi) is 58.6. The molecule has 2 unspecified atom stereocenters. The summed E-state index contributed by atoms with van der Waals surface area (Å²) in [6.45, 7) is 4.80. The molecule has 0 aromatic rings. The number of unbranched alkanes of at least 4 members (excludes halogenated alkanes) is 47. The van der Waals surface area contributed by atoms with E-state index in [-0.39, 0.29) is 32.2 Å². The van der Waals surface area contributed by atoms with Crippen LogP contribution in [-0.2, 0) is 33.3 Å². The van der Waals surface area contributed by atoms with Gasteiger partial charge in [-0.15, -0.1) is 0 Å². The molecule has 9 nitrogen and oxygen atoms in total. The van der Waals surface area contributed by atoms with E-state index < -0.39 is 24.3 Å². The normalized spacial score (nSPS) is 12.7. The molecule has 0 N–H and O–H groups in total. The van der Waals surface area contributed by atoms with E-state index in [1.165, 1.54) is 283 Å². The Morgan fingerprint density at radius 2 is 0.662 bits per heavy atom. The third-order valence-corrected chi connectivity index (χ3v) is 15.5. The van der Waals surface area contributed by atoms with Gasteiger partial charge in [0.2, 0.25) is 0 Å². The second-order valence-corrected chi connectivity index (χ2v) is 24.5. The van der Waals surface area contributed by atoms with Crippen molar-refractivity contribution in [2.45, 2.75) is 360 Å². The largest absolute Gasteiger partial charge is 0.545 e. The molecule has 2 atom stereocenters. The maximum absolute atomic E-state index is 12.9. The van der Waals surface area contributed by atoms with Gasteiger partial charge in [-0.1, -0.05) is 309 Å². The highest BCUT2D eigenvalue weighted by molar-refractivity contribution is 5.70. The van der Waals surface area contributed by atoms with E-state index in [2.05, 4.69) is 26.0 Å². The summed E-state index contributed by atoms with van der Waals surface area (Å²) in [6, 6.07) is 0. The standard InChI is InChI=1S/C68H131NO8/c1-6-8-10-12-14-16-18-20-21-22-23-24-25-26-27-28-29-30-31-32-33-34-35-36-37-38-39-40-41-42-43-44-45-47-49-51-53-55-57-59-66(71)77-64(63-76-68(67(72)73)74-61-60-69(3,4)5)62-75-65(70)58-56-54-52-50-48-46-19-17-15-13-11-9-7-2/h22-23,64,68H,6-21,24-63H2,1-5H3/b23-22-. The molecule has 9 heteroatoms. The predicted molar refractivity (Wildman–Crippen MR) is 325 cm³/mol. The van der Waals surface area contributed by atoms with Crippen LogP contribution in [0.3, 0.4) is 0 Å². The van der Waals surface area contributed by atoms with E-state index >= 15 is 0 Å². The van der Waals surface area contributed by atoms with Crippen molar-refractivity contribution in [1.29, 1.82) is 0 Å². The van der Waals surface area contributed by atoms with Crippen LogP contribution < -0.4 is 5.11 Å². The zero-order valence-electron chi connectivity index (χ0n) is 52.1. The van der Waals surface area contributed by atoms with E-state index in [1.807, 2.05) is 21.1 Å². The first kappa shape index (κ1) is 75.0. The SMILES string of the molecule is CCCCCCCCCC/C=C\CCCCCCCCCCCCCCCCCCCCCCCCCCCCCC(=O)OC(COC(=O)CCCCCCCCCCCCCCC)COC(OCC[N+](C)(C)C)C(=O)[O-]. The minimum absolute atomic E-state index is 0.153. The average molecular weight is 1090 g/mol. The number of quaternary nitrogens is 1. The van der Waals surface area contributed by atoms with Crippen LogP contribution in [0.15, 0.2) is 12.2 Å². The molecular formula is C68H131NO8. The van der Waals surface area contributed by atoms with Gasteiger partial charge in [0, 0.05) is 12.8 Å². The second-order valence-electron chi connectivity index (χ2n) is 24.5. The minimum atomic E-state index is -1.61. The lowest BCUT2D eigenvalue weighted by atomic mass is 10.0. The van der Waals surface area contributed by atoms with Crippen molar-refractivity contribution in [3.63, 3.8) is 0 Å². The number of hydrogen-bond acceptors (Lipinski definition) is 8. The van der Waals surface area contributed by atoms with Crippen molar-refractivity contribution < 1.29 is 42.9 Å². The summed E-state index contributed by atoms with van der Waals surface area (Å²) < 4.78 is 22.7. The molecule has 0 bridgehead atoms. The lowest BCUT2D eigenvalue weighted by Crippen LogP contribution is -2.44. The molecule has 0 fully saturated rings. The fourth-order valence-electron chi connectivity index (χ4n) is 10.3. The average Bonchev–Trinajstić information content (AvgIpc) is 3.40. The topological polar surface area (TPSA) is 111 Å². The molecule has 456 valence electrons. The zero-order chi connectivity index (χ0) is 56.2. The lowest BCUT2D eigenvalue weighted by molar-refractivity contribution is -0.870. The molecule has 0 saturated carbocycles. The van der Waals surface area contributed by atoms with Crippen molar-refractivity contribution >= 4 is 17.9 Å². The summed E-state index contributed by atoms with van der Waals surface area (Å²) in [5.74, 6) is -2.25. The molecule has 0 spiro atoms. The van der Waals surface area contributed by atoms with Gasteiger partial charge in [-0.3, -0.25) is 9.59 Å². The maximum Gasteiger partial charge on any atom is 0.306 e. The van der Waals surface area contributed by atoms with Gasteiger partial charge in [0.25, 0.3) is 0 Å². The second kappa shape index (κ2) is 60.1. The van der Waals surface area contributed by atoms with Crippen LogP contribution in [0, 0.1) is 0 Å². The fourth-order valence-corrected chi connectivity index (χ4v) is 10.3. The number of allylic oxidation sites excluding steroid dienone is 2. The molecule has 0 aromatic heterocycles. The molecule has 0 radical (unpaired) electrons. The van der Waals surface area contributed by atoms with E-state index in [1.54, 1.807) is 0 Å². The highest BCUT2D eigenvalue weighted by Crippen LogP contribution is 2.19. The van der Waals surface area contributed by atoms with Crippen LogP contribution in [0.1, 0.15) is 348 Å². The zero-order valence-corrected chi connectivity index (χ0v) is 52.1. The lowest BCUT2D eigenvalue weighted by Gasteiger charge is -2.26. The van der Waals surface area contributed by atoms with Crippen molar-refractivity contribution in [3.8, 4) is 0 Å². The minimum Gasteiger partial charge on any atom is -0.545 e. The van der Waals surface area contributed by atoms with E-state index in [0.29, 0.717) is 17.4 Å². The van der Waals surface area contributed by atoms with Crippen LogP contribution in [0.4, 0.5) is 0 Å². The number of nitrogens with zero attached hydrogens (tertiary/aromatic N) is 1. The smallest absolute Gasteiger partial charge is 0.306 e. The summed E-state index contributed by atoms with van der Waals surface area (Å²) in [4.78, 5) is 37.3. The molecule has 0 aliphatic rings. The van der Waals surface area contributed by atoms with Crippen LogP contribution in [-0.4, -0.2) is 82.3 Å². The number of esters is 2. The summed E-state index contributed by atoms with van der Waals surface area (Å²) in [7, 11) is 5.94. The van der Waals surface area contributed by atoms with E-state index in [4.69, 9.17) is 18.9 Å². The number of ether oxygens (including phenoxy) is 4. The Labute approximate surface area is 478 Å². The predicted octanol–water partition coefficient (Wildman–Crippen LogP) is 19.1. The van der Waals surface area contributed by atoms with Crippen molar-refractivity contribution in [1.82, 2.24) is 0 Å². The first-order valence-electron chi connectivity index (χ1n) is 33.8. The number of carboxylic acid groups (broad SMARTS) is 1. The Hall–Kier alpha value is -1.97. The number of carbonyl (C=O) groups is 3. The summed E-state index contributed by atoms with van der Waals surface area (Å²) in [5.41, 5.74) is 0. The molecule has 77 heavy (non-hydrogen) atoms. The van der Waals surface area contributed by atoms with Crippen molar-refractivity contribution in [2.75, 3.05) is 47.5 Å². The Morgan fingerprint density at radius 1 is 0.377 bits per heavy atom. The number of likely N-dealkylation sites (N-methyl/N-ethyl adjacent to an activating group) is 1. The van der Waals surface area contributed by atoms with Gasteiger partial charge in [0.05, 0.1) is 40.3 Å². The fraction of sp³-hybridized carbons (Fsp3) is 0.926. The van der Waals surface area contributed by atoms with Gasteiger partial charge in [0.15, 0.2) is 12.4 Å². The Balaban J connectivity index is 3.88. The van der Waals surface area contributed by atoms with Crippen LogP contribution in [0.5, 0.6) is 0 Å². The maximum atomic E-state index is 12.9. The van der Waals surface area contributed by atoms with Crippen LogP contribution in [0.2, 0.25) is 0 Å². The van der Waals surface area contributed by atoms with Gasteiger partial charge in [-0.25, -0.2) is 0 Å². The summed E-state index contributed by atoms with van der Waals surface area (Å²) >= 11 is 0. The quantitative estimate of drug-likeness (QED) is 0.0195. The number of aliphatic carboxylic acids is 1. The number of carboxylic acids is 1. The third kappa shape index (κ3) is 61.5. The molecule has 0 rings (SSSR count). The summed E-state index contributed by atoms with van der Waals surface area (Å²) in [5, 5.41) is 11.8. The van der Waals surface area contributed by atoms with Gasteiger partial charge < -0.3 is 33.3 Å². The van der Waals surface area contributed by atoms with Crippen molar-refractivity contribution in [3.05, 3.63) is 12.2 Å². The van der Waals surface area contributed by atoms with E-state index in [9.17, 15) is 19.5 Å². The third-order valence-electron chi connectivity index (χ3n) is 15.5. The van der Waals surface area contributed by atoms with Gasteiger partial charge >= 0.3 is 11.9 Å². The number of hydrogen-bond donors (Lipinski definition) is 0. The highest BCUT2D eigenvalue weighted by Gasteiger charge is 2.22. The van der Waals surface area contributed by atoms with E-state index in [0.717, 1.165) is 38.5 Å². The molecule has 0 aliphatic heterocycles. The molecule has 0 saturated heterocycles. The summed E-state index contributed by atoms with van der Waals surface area (Å²) in [6.07, 6.45) is 68.9. The molecule has 0 aromatic carbocycles. The first-order valence-corrected chi connectivity index (χ1v) is 33.8. The highest BCUT2D eigenvalue weighted by atomic mass is 16.7. The Morgan fingerprint density at radius 3 is 0.961 bits per heavy atom. The molecule has 0 heterocycles. The van der Waals surface area contributed by atoms with Crippen LogP contribution >= 0.6 is 0 Å². The van der Waals surface area contributed by atoms with Gasteiger partial charge in [0.1, 0.15) is 13.2 Å². The number of carbonyl (C=O) groups excluding carboxylic acids is 3. The Bertz CT molecular complexity index is 1270. The van der Waals surface area contributed by atoms with Gasteiger partial charge in [-0.05, 0) is 38.5 Å². The molecular weight excluding hydrogens is 959 g/mol. The molecule has 0 aliphatic carbocycles. The first-order chi connectivity index (χ1) is 37.6. The van der Waals surface area contributed by atoms with Gasteiger partial charge in [-0.2, -0.15) is 0 Å². The number of rotatable bonds is 64.